The minimum atomic E-state index is -3.34. The minimum Gasteiger partial charge on any atom is -0.464 e. The highest BCUT2D eigenvalue weighted by molar-refractivity contribution is 6.44. The van der Waals surface area contributed by atoms with Crippen molar-refractivity contribution in [2.24, 2.45) is 40.4 Å². The molecule has 3 saturated carbocycles. The molecule has 1 heterocycles. The summed E-state index contributed by atoms with van der Waals surface area (Å²) in [5, 5.41) is 0. The van der Waals surface area contributed by atoms with Crippen molar-refractivity contribution < 1.29 is 37.3 Å². The summed E-state index contributed by atoms with van der Waals surface area (Å²) in [5.74, 6) is -4.16. The number of allylic oxidation sites excluding steroid dienone is 1. The summed E-state index contributed by atoms with van der Waals surface area (Å²) in [6.45, 7) is 10.5. The van der Waals surface area contributed by atoms with Gasteiger partial charge in [-0.15, -0.1) is 0 Å². The second kappa shape index (κ2) is 13.7. The van der Waals surface area contributed by atoms with Crippen molar-refractivity contribution in [1.82, 2.24) is 0 Å². The van der Waals surface area contributed by atoms with E-state index in [0.717, 1.165) is 70.8 Å². The Bertz CT molecular complexity index is 1090. The van der Waals surface area contributed by atoms with Gasteiger partial charge in [-0.05, 0) is 125 Å². The Morgan fingerprint density at radius 2 is 1.73 bits per heavy atom. The lowest BCUT2D eigenvalue weighted by Crippen LogP contribution is -2.51. The highest BCUT2D eigenvalue weighted by Crippen LogP contribution is 2.67. The second-order valence-corrected chi connectivity index (χ2v) is 15.9. The fourth-order valence-corrected chi connectivity index (χ4v) is 10.8. The predicted molar refractivity (Wildman–Crippen MR) is 169 cm³/mol. The molecule has 0 bridgehead atoms. The number of halogens is 3. The zero-order valence-corrected chi connectivity index (χ0v) is 28.8. The van der Waals surface area contributed by atoms with E-state index in [1.54, 1.807) is 19.4 Å². The molecule has 5 rings (SSSR count). The van der Waals surface area contributed by atoms with Gasteiger partial charge in [0.05, 0.1) is 25.7 Å². The van der Waals surface area contributed by atoms with E-state index in [4.69, 9.17) is 30.5 Å². The standard InChI is InChI=1S/C36H55ClF2O6/c1-6-42-31(40)36(37,32(41)43-7-2)22-35(38,39)21-23(3)27-13-14-28-26-12-11-24-20-25(45-30-10-8-9-19-44-30)15-17-33(24,4)29(26)16-18-34(27,28)5/h11,23,25-30H,6-10,12-22H2,1-5H3/t23-,25+,26+,27-,28+,29+,30?,33+,34-/m1/s1. The number of rotatable bonds is 11. The monoisotopic (exact) mass is 656 g/mol. The summed E-state index contributed by atoms with van der Waals surface area (Å²) in [7, 11) is 0. The van der Waals surface area contributed by atoms with Crippen molar-refractivity contribution in [3.05, 3.63) is 11.6 Å². The average molecular weight is 657 g/mol. The lowest BCUT2D eigenvalue weighted by Gasteiger charge is -2.58. The van der Waals surface area contributed by atoms with E-state index in [-0.39, 0.29) is 48.3 Å². The SMILES string of the molecule is CCOC(=O)C(Cl)(CC(F)(F)C[C@@H](C)[C@H]1CC[C@H]2[C@@H]3CC=C4C[C@@H](OC5CCCCO5)CC[C@]4(C)[C@H]3CC[C@]12C)C(=O)OCC. The molecule has 1 saturated heterocycles. The van der Waals surface area contributed by atoms with Gasteiger partial charge in [-0.3, -0.25) is 0 Å². The van der Waals surface area contributed by atoms with Crippen molar-refractivity contribution in [3.63, 3.8) is 0 Å². The summed E-state index contributed by atoms with van der Waals surface area (Å²) in [6.07, 6.45) is 12.8. The first kappa shape index (κ1) is 35.1. The number of carbonyl (C=O) groups excluding carboxylic acids is 2. The first-order chi connectivity index (χ1) is 21.3. The van der Waals surface area contributed by atoms with Crippen LogP contribution >= 0.6 is 11.6 Å². The molecule has 1 unspecified atom stereocenters. The summed E-state index contributed by atoms with van der Waals surface area (Å²) in [4.78, 5) is 22.6. The average Bonchev–Trinajstić information content (AvgIpc) is 3.35. The Labute approximate surface area is 273 Å². The normalized spacial score (nSPS) is 37.5. The predicted octanol–water partition coefficient (Wildman–Crippen LogP) is 8.63. The third-order valence-corrected chi connectivity index (χ3v) is 13.1. The van der Waals surface area contributed by atoms with Gasteiger partial charge >= 0.3 is 11.9 Å². The molecule has 256 valence electrons. The zero-order valence-electron chi connectivity index (χ0n) is 28.0. The smallest absolute Gasteiger partial charge is 0.339 e. The van der Waals surface area contributed by atoms with Crippen molar-refractivity contribution in [2.45, 2.75) is 141 Å². The van der Waals surface area contributed by atoms with Gasteiger partial charge in [0, 0.05) is 13.0 Å². The van der Waals surface area contributed by atoms with E-state index in [1.165, 1.54) is 6.42 Å². The molecular weight excluding hydrogens is 602 g/mol. The van der Waals surface area contributed by atoms with Crippen LogP contribution in [0.4, 0.5) is 8.78 Å². The fraction of sp³-hybridized carbons (Fsp3) is 0.889. The molecule has 9 heteroatoms. The number of hydrogen-bond acceptors (Lipinski definition) is 6. The molecule has 0 radical (unpaired) electrons. The van der Waals surface area contributed by atoms with Crippen LogP contribution in [0.5, 0.6) is 0 Å². The third-order valence-electron chi connectivity index (χ3n) is 12.6. The number of esters is 2. The highest BCUT2D eigenvalue weighted by atomic mass is 35.5. The lowest BCUT2D eigenvalue weighted by molar-refractivity contribution is -0.195. The third kappa shape index (κ3) is 6.86. The summed E-state index contributed by atoms with van der Waals surface area (Å²) >= 11 is 6.32. The Hall–Kier alpha value is -1.25. The Morgan fingerprint density at radius 1 is 1.02 bits per heavy atom. The molecule has 0 spiro atoms. The molecule has 0 N–H and O–H groups in total. The van der Waals surface area contributed by atoms with E-state index < -0.39 is 35.6 Å². The van der Waals surface area contributed by atoms with Crippen LogP contribution in [-0.2, 0) is 28.5 Å². The topological polar surface area (TPSA) is 71.1 Å². The van der Waals surface area contributed by atoms with Crippen LogP contribution in [-0.4, -0.2) is 54.9 Å². The van der Waals surface area contributed by atoms with Crippen LogP contribution in [0.1, 0.15) is 118 Å². The summed E-state index contributed by atoms with van der Waals surface area (Å²) in [5.41, 5.74) is 1.73. The lowest BCUT2D eigenvalue weighted by atomic mass is 9.47. The number of ether oxygens (including phenoxy) is 4. The van der Waals surface area contributed by atoms with Gasteiger partial charge in [0.2, 0.25) is 4.87 Å². The van der Waals surface area contributed by atoms with Crippen LogP contribution in [0.15, 0.2) is 11.6 Å². The van der Waals surface area contributed by atoms with Crippen LogP contribution in [0.2, 0.25) is 0 Å². The molecule has 0 aromatic carbocycles. The Morgan fingerprint density at radius 3 is 2.38 bits per heavy atom. The Balaban J connectivity index is 1.25. The molecule has 1 aliphatic heterocycles. The van der Waals surface area contributed by atoms with E-state index >= 15 is 8.78 Å². The van der Waals surface area contributed by atoms with Crippen LogP contribution in [0.3, 0.4) is 0 Å². The molecule has 4 aliphatic carbocycles. The van der Waals surface area contributed by atoms with Crippen molar-refractivity contribution in [1.29, 1.82) is 0 Å². The quantitative estimate of drug-likeness (QED) is 0.0960. The number of alkyl halides is 3. The molecule has 5 aliphatic rings. The largest absolute Gasteiger partial charge is 0.464 e. The van der Waals surface area contributed by atoms with Gasteiger partial charge in [-0.25, -0.2) is 18.4 Å². The first-order valence-corrected chi connectivity index (χ1v) is 18.0. The maximum atomic E-state index is 15.7. The number of hydrogen-bond donors (Lipinski definition) is 0. The molecule has 4 fully saturated rings. The molecule has 0 aromatic rings. The van der Waals surface area contributed by atoms with Gasteiger partial charge < -0.3 is 18.9 Å². The Kier molecular flexibility index (Phi) is 10.7. The minimum absolute atomic E-state index is 0.0165. The van der Waals surface area contributed by atoms with Gasteiger partial charge in [0.25, 0.3) is 5.92 Å². The van der Waals surface area contributed by atoms with E-state index in [9.17, 15) is 9.59 Å². The molecule has 0 aromatic heterocycles. The molecular formula is C36H55ClF2O6. The first-order valence-electron chi connectivity index (χ1n) is 17.6. The van der Waals surface area contributed by atoms with Gasteiger partial charge in [-0.2, -0.15) is 0 Å². The second-order valence-electron chi connectivity index (χ2n) is 15.2. The molecule has 6 nitrogen and oxygen atoms in total. The number of carbonyl (C=O) groups is 2. The molecule has 0 amide bonds. The van der Waals surface area contributed by atoms with E-state index in [0.29, 0.717) is 17.8 Å². The van der Waals surface area contributed by atoms with Crippen LogP contribution in [0, 0.1) is 40.4 Å². The molecule has 9 atom stereocenters. The summed E-state index contributed by atoms with van der Waals surface area (Å²) in [6, 6.07) is 0. The van der Waals surface area contributed by atoms with Crippen LogP contribution < -0.4 is 0 Å². The van der Waals surface area contributed by atoms with E-state index in [2.05, 4.69) is 19.9 Å². The van der Waals surface area contributed by atoms with Gasteiger partial charge in [0.1, 0.15) is 0 Å². The number of fused-ring (bicyclic) bond motifs is 5. The van der Waals surface area contributed by atoms with Crippen molar-refractivity contribution >= 4 is 23.5 Å². The van der Waals surface area contributed by atoms with Crippen LogP contribution in [0.25, 0.3) is 0 Å². The van der Waals surface area contributed by atoms with Crippen molar-refractivity contribution in [3.8, 4) is 0 Å². The van der Waals surface area contributed by atoms with Gasteiger partial charge in [0.15, 0.2) is 6.29 Å². The van der Waals surface area contributed by atoms with Gasteiger partial charge in [-0.1, -0.05) is 44.0 Å². The highest BCUT2D eigenvalue weighted by Gasteiger charge is 2.61. The molecule has 45 heavy (non-hydrogen) atoms. The maximum absolute atomic E-state index is 15.7. The van der Waals surface area contributed by atoms with Crippen molar-refractivity contribution in [2.75, 3.05) is 19.8 Å². The van der Waals surface area contributed by atoms with E-state index in [1.807, 2.05) is 6.92 Å². The fourth-order valence-electron chi connectivity index (χ4n) is 10.5. The summed E-state index contributed by atoms with van der Waals surface area (Å²) < 4.78 is 53.6. The maximum Gasteiger partial charge on any atom is 0.339 e. The zero-order chi connectivity index (χ0) is 32.6.